The van der Waals surface area contributed by atoms with Gasteiger partial charge in [0.25, 0.3) is 5.91 Å². The van der Waals surface area contributed by atoms with Gasteiger partial charge in [-0.15, -0.1) is 0 Å². The van der Waals surface area contributed by atoms with E-state index in [2.05, 4.69) is 10.0 Å². The number of aromatic hydroxyl groups is 1. The van der Waals surface area contributed by atoms with E-state index >= 15 is 4.39 Å². The number of hydrogen-bond donors (Lipinski definition) is 3. The van der Waals surface area contributed by atoms with E-state index in [1.165, 1.54) is 28.6 Å². The summed E-state index contributed by atoms with van der Waals surface area (Å²) in [5.41, 5.74) is -0.504. The molecule has 0 aromatic heterocycles. The number of phenols is 1. The molecule has 4 rings (SSSR count). The van der Waals surface area contributed by atoms with Gasteiger partial charge in [0.2, 0.25) is 5.67 Å². The van der Waals surface area contributed by atoms with E-state index in [0.29, 0.717) is 0 Å². The summed E-state index contributed by atoms with van der Waals surface area (Å²) in [6.45, 7) is 0.911. The summed E-state index contributed by atoms with van der Waals surface area (Å²) in [5, 5.41) is 12.6. The number of alkyl halides is 1. The quantitative estimate of drug-likeness (QED) is 0.442. The summed E-state index contributed by atoms with van der Waals surface area (Å²) in [6.07, 6.45) is 4.30. The van der Waals surface area contributed by atoms with Crippen LogP contribution < -0.4 is 10.0 Å². The summed E-state index contributed by atoms with van der Waals surface area (Å²) >= 11 is 0. The fraction of sp³-hybridized carbons (Fsp3) is 0.261. The number of rotatable bonds is 6. The van der Waals surface area contributed by atoms with Crippen LogP contribution in [0, 0.1) is 0 Å². The van der Waals surface area contributed by atoms with Crippen molar-refractivity contribution in [1.82, 2.24) is 4.31 Å². The summed E-state index contributed by atoms with van der Waals surface area (Å²) in [7, 11) is -3.93. The van der Waals surface area contributed by atoms with Gasteiger partial charge in [-0.2, -0.15) is 12.7 Å². The number of amides is 1. The van der Waals surface area contributed by atoms with Crippen LogP contribution in [-0.4, -0.2) is 55.7 Å². The lowest BCUT2D eigenvalue weighted by Gasteiger charge is -2.26. The lowest BCUT2D eigenvalue weighted by molar-refractivity contribution is -0.124. The van der Waals surface area contributed by atoms with E-state index in [9.17, 15) is 18.3 Å². The van der Waals surface area contributed by atoms with Crippen LogP contribution in [0.25, 0.3) is 5.57 Å². The van der Waals surface area contributed by atoms with Crippen LogP contribution in [0.1, 0.15) is 12.0 Å². The van der Waals surface area contributed by atoms with Crippen LogP contribution in [0.3, 0.4) is 0 Å². The van der Waals surface area contributed by atoms with Gasteiger partial charge < -0.3 is 15.2 Å². The Labute approximate surface area is 191 Å². The summed E-state index contributed by atoms with van der Waals surface area (Å²) in [5.74, 6) is -1.22. The number of benzene rings is 2. The van der Waals surface area contributed by atoms with Gasteiger partial charge in [0.15, 0.2) is 0 Å². The molecule has 1 heterocycles. The van der Waals surface area contributed by atoms with Gasteiger partial charge in [0.05, 0.1) is 18.9 Å². The van der Waals surface area contributed by atoms with E-state index in [1.807, 2.05) is 30.3 Å². The number of anilines is 2. The van der Waals surface area contributed by atoms with Gasteiger partial charge in [0.1, 0.15) is 5.75 Å². The highest BCUT2D eigenvalue weighted by Crippen LogP contribution is 2.32. The number of phenolic OH excluding ortho intramolecular Hbond substituents is 1. The molecule has 1 aliphatic carbocycles. The van der Waals surface area contributed by atoms with Gasteiger partial charge in [-0.1, -0.05) is 42.5 Å². The highest BCUT2D eigenvalue weighted by atomic mass is 32.2. The van der Waals surface area contributed by atoms with Crippen molar-refractivity contribution < 1.29 is 27.4 Å². The molecule has 33 heavy (non-hydrogen) atoms. The molecule has 1 unspecified atom stereocenters. The van der Waals surface area contributed by atoms with Crippen molar-refractivity contribution in [3.8, 4) is 5.75 Å². The molecule has 3 N–H and O–H groups in total. The summed E-state index contributed by atoms with van der Waals surface area (Å²) in [6, 6.07) is 13.3. The van der Waals surface area contributed by atoms with Crippen LogP contribution in [0.5, 0.6) is 5.75 Å². The Bertz CT molecular complexity index is 1190. The lowest BCUT2D eigenvalue weighted by Crippen LogP contribution is -2.43. The predicted molar refractivity (Wildman–Crippen MR) is 124 cm³/mol. The van der Waals surface area contributed by atoms with Crippen molar-refractivity contribution in [1.29, 1.82) is 0 Å². The van der Waals surface area contributed by atoms with Crippen molar-refractivity contribution in [3.63, 3.8) is 0 Å². The van der Waals surface area contributed by atoms with Gasteiger partial charge >= 0.3 is 10.2 Å². The number of ether oxygens (including phenoxy) is 1. The van der Waals surface area contributed by atoms with Crippen molar-refractivity contribution in [2.45, 2.75) is 12.1 Å². The number of carbonyl (C=O) groups is 1. The molecule has 0 radical (unpaired) electrons. The topological polar surface area (TPSA) is 108 Å². The normalized spacial score (nSPS) is 21.3. The third-order valence-corrected chi connectivity index (χ3v) is 6.96. The van der Waals surface area contributed by atoms with Crippen molar-refractivity contribution in [2.75, 3.05) is 36.3 Å². The molecule has 10 heteroatoms. The second-order valence-corrected chi connectivity index (χ2v) is 9.40. The van der Waals surface area contributed by atoms with Gasteiger partial charge in [-0.05, 0) is 35.4 Å². The minimum absolute atomic E-state index is 0.127. The summed E-state index contributed by atoms with van der Waals surface area (Å²) in [4.78, 5) is 12.7. The number of carbonyl (C=O) groups excluding carboxylic acids is 1. The Hall–Kier alpha value is -3.21. The van der Waals surface area contributed by atoms with Crippen molar-refractivity contribution in [3.05, 3.63) is 72.3 Å². The first kappa shape index (κ1) is 23.0. The van der Waals surface area contributed by atoms with E-state index in [0.717, 1.165) is 11.1 Å². The van der Waals surface area contributed by atoms with Crippen LogP contribution in [0.2, 0.25) is 0 Å². The van der Waals surface area contributed by atoms with Crippen LogP contribution in [0.4, 0.5) is 15.8 Å². The maximum Gasteiger partial charge on any atom is 0.301 e. The van der Waals surface area contributed by atoms with Crippen molar-refractivity contribution in [2.24, 2.45) is 0 Å². The fourth-order valence-corrected chi connectivity index (χ4v) is 4.75. The Balaban J connectivity index is 1.45. The smallest absolute Gasteiger partial charge is 0.301 e. The van der Waals surface area contributed by atoms with Crippen LogP contribution >= 0.6 is 0 Å². The molecule has 2 aromatic carbocycles. The Morgan fingerprint density at radius 3 is 2.52 bits per heavy atom. The highest BCUT2D eigenvalue weighted by Gasteiger charge is 2.37. The Morgan fingerprint density at radius 1 is 1.12 bits per heavy atom. The van der Waals surface area contributed by atoms with Crippen LogP contribution in [-0.2, 0) is 19.7 Å². The molecule has 1 amide bonds. The first-order valence-electron chi connectivity index (χ1n) is 10.4. The number of hydrogen-bond acceptors (Lipinski definition) is 5. The molecule has 174 valence electrons. The van der Waals surface area contributed by atoms with E-state index < -0.39 is 21.8 Å². The average Bonchev–Trinajstić information content (AvgIpc) is 2.83. The number of nitrogens with zero attached hydrogens (tertiary/aromatic N) is 1. The zero-order valence-electron chi connectivity index (χ0n) is 17.7. The second kappa shape index (κ2) is 9.34. The second-order valence-electron chi connectivity index (χ2n) is 7.73. The molecule has 1 fully saturated rings. The van der Waals surface area contributed by atoms with Gasteiger partial charge in [-0.25, -0.2) is 4.39 Å². The van der Waals surface area contributed by atoms with Gasteiger partial charge in [0, 0.05) is 25.2 Å². The molecule has 0 spiro atoms. The lowest BCUT2D eigenvalue weighted by atomic mass is 9.90. The molecule has 0 bridgehead atoms. The largest absolute Gasteiger partial charge is 0.506 e. The standard InChI is InChI=1S/C23H24FN3O5S/c24-23(10-8-18(9-11-23)17-4-2-1-3-5-17)22(29)25-19-6-7-21(28)20(16-19)26-33(30,31)27-12-14-32-15-13-27/h1-10,16,26,28H,11-15H2,(H,25,29). The first-order chi connectivity index (χ1) is 15.8. The minimum Gasteiger partial charge on any atom is -0.506 e. The molecule has 8 nitrogen and oxygen atoms in total. The maximum atomic E-state index is 15.3. The first-order valence-corrected chi connectivity index (χ1v) is 11.8. The maximum absolute atomic E-state index is 15.3. The highest BCUT2D eigenvalue weighted by molar-refractivity contribution is 7.90. The minimum atomic E-state index is -3.93. The Morgan fingerprint density at radius 2 is 1.85 bits per heavy atom. The molecule has 2 aliphatic rings. The third kappa shape index (κ3) is 5.24. The van der Waals surface area contributed by atoms with Crippen molar-refractivity contribution >= 4 is 33.1 Å². The zero-order chi connectivity index (χ0) is 23.5. The molecule has 2 aromatic rings. The predicted octanol–water partition coefficient (Wildman–Crippen LogP) is 3.07. The molecule has 1 aliphatic heterocycles. The number of nitrogens with one attached hydrogen (secondary N) is 2. The number of halogens is 1. The molecule has 0 saturated carbocycles. The molecule has 1 atom stereocenters. The van der Waals surface area contributed by atoms with E-state index in [-0.39, 0.29) is 49.8 Å². The number of morpholine rings is 1. The summed E-state index contributed by atoms with van der Waals surface area (Å²) < 4.78 is 49.1. The SMILES string of the molecule is O=C(Nc1ccc(O)c(NS(=O)(=O)N2CCOCC2)c1)C1(F)C=CC(c2ccccc2)=CC1. The van der Waals surface area contributed by atoms with Gasteiger partial charge in [-0.3, -0.25) is 9.52 Å². The van der Waals surface area contributed by atoms with E-state index in [1.54, 1.807) is 12.2 Å². The molecular weight excluding hydrogens is 449 g/mol. The molecular formula is C23H24FN3O5S. The Kier molecular flexibility index (Phi) is 6.50. The fourth-order valence-electron chi connectivity index (χ4n) is 3.55. The zero-order valence-corrected chi connectivity index (χ0v) is 18.5. The average molecular weight is 474 g/mol. The third-order valence-electron chi connectivity index (χ3n) is 5.43. The number of allylic oxidation sites excluding steroid dienone is 3. The van der Waals surface area contributed by atoms with Crippen LogP contribution in [0.15, 0.2) is 66.8 Å². The molecule has 1 saturated heterocycles. The van der Waals surface area contributed by atoms with E-state index in [4.69, 9.17) is 4.74 Å². The monoisotopic (exact) mass is 473 g/mol.